The van der Waals surface area contributed by atoms with Crippen LogP contribution in [0, 0.1) is 5.92 Å². The molecule has 3 nitrogen and oxygen atoms in total. The van der Waals surface area contributed by atoms with E-state index in [9.17, 15) is 0 Å². The van der Waals surface area contributed by atoms with Crippen molar-refractivity contribution >= 4 is 14.3 Å². The summed E-state index contributed by atoms with van der Waals surface area (Å²) in [6, 6.07) is 21.6. The Kier molecular flexibility index (Phi) is 9.62. The molecule has 0 atom stereocenters. The predicted molar refractivity (Wildman–Crippen MR) is 121 cm³/mol. The Hall–Kier alpha value is -1.75. The number of benzene rings is 2. The Bertz CT molecular complexity index is 658. The van der Waals surface area contributed by atoms with Crippen molar-refractivity contribution in [2.24, 2.45) is 10.9 Å². The van der Waals surface area contributed by atoms with E-state index in [0.29, 0.717) is 19.1 Å². The van der Waals surface area contributed by atoms with E-state index in [-0.39, 0.29) is 0 Å². The van der Waals surface area contributed by atoms with Crippen LogP contribution in [-0.2, 0) is 22.1 Å². The highest BCUT2D eigenvalue weighted by atomic mass is 28.4. The number of hydrogen-bond donors (Lipinski definition) is 0. The summed E-state index contributed by atoms with van der Waals surface area (Å²) in [6.07, 6.45) is 2.07. The summed E-state index contributed by atoms with van der Waals surface area (Å²) in [6.45, 7) is 10.8. The first-order valence-corrected chi connectivity index (χ1v) is 12.8. The summed E-state index contributed by atoms with van der Waals surface area (Å²) in [4.78, 5) is 4.73. The molecule has 0 spiro atoms. The van der Waals surface area contributed by atoms with Gasteiger partial charge in [-0.05, 0) is 49.4 Å². The fourth-order valence-corrected chi connectivity index (χ4v) is 5.25. The van der Waals surface area contributed by atoms with Crippen molar-refractivity contribution in [2.45, 2.75) is 59.4 Å². The molecule has 0 aliphatic carbocycles. The van der Waals surface area contributed by atoms with Gasteiger partial charge in [-0.3, -0.25) is 4.99 Å². The van der Waals surface area contributed by atoms with Crippen molar-refractivity contribution in [3.63, 3.8) is 0 Å². The molecular formula is C24H35NO2Si. The molecule has 2 aromatic rings. The Morgan fingerprint density at radius 2 is 1.39 bits per heavy atom. The molecule has 0 unspecified atom stereocenters. The van der Waals surface area contributed by atoms with E-state index in [4.69, 9.17) is 13.8 Å². The van der Waals surface area contributed by atoms with Crippen LogP contribution in [0.3, 0.4) is 0 Å². The van der Waals surface area contributed by atoms with E-state index in [1.54, 1.807) is 0 Å². The van der Waals surface area contributed by atoms with E-state index in [1.165, 1.54) is 16.8 Å². The Balaban J connectivity index is 1.92. The maximum absolute atomic E-state index is 6.38. The minimum Gasteiger partial charge on any atom is -0.390 e. The summed E-state index contributed by atoms with van der Waals surface area (Å²) >= 11 is 0. The highest BCUT2D eigenvalue weighted by molar-refractivity contribution is 6.65. The molecule has 0 aliphatic rings. The van der Waals surface area contributed by atoms with Gasteiger partial charge in [-0.25, -0.2) is 0 Å². The summed E-state index contributed by atoms with van der Waals surface area (Å²) < 4.78 is 12.8. The molecule has 152 valence electrons. The van der Waals surface area contributed by atoms with Gasteiger partial charge in [-0.15, -0.1) is 0 Å². The third-order valence-electron chi connectivity index (χ3n) is 4.65. The standard InChI is InChI=1S/C24H35NO2Si/c1-21(2)18-22(3)25-16-11-17-28(4,26-19-23-12-7-5-8-13-23)27-20-24-14-9-6-10-15-24/h5-10,12-15,21H,11,16-20H2,1-4H3. The van der Waals surface area contributed by atoms with Gasteiger partial charge in [0.25, 0.3) is 0 Å². The second-order valence-electron chi connectivity index (χ2n) is 8.00. The molecule has 0 saturated heterocycles. The largest absolute Gasteiger partial charge is 0.390 e. The van der Waals surface area contributed by atoms with Crippen molar-refractivity contribution in [1.29, 1.82) is 0 Å². The zero-order valence-electron chi connectivity index (χ0n) is 17.9. The van der Waals surface area contributed by atoms with Gasteiger partial charge in [-0.1, -0.05) is 74.5 Å². The third kappa shape index (κ3) is 8.96. The Morgan fingerprint density at radius 3 is 1.86 bits per heavy atom. The van der Waals surface area contributed by atoms with Crippen LogP contribution in [0.15, 0.2) is 65.7 Å². The van der Waals surface area contributed by atoms with Crippen LogP contribution in [0.25, 0.3) is 0 Å². The molecule has 0 amide bonds. The van der Waals surface area contributed by atoms with Crippen LogP contribution >= 0.6 is 0 Å². The van der Waals surface area contributed by atoms with E-state index < -0.39 is 8.56 Å². The van der Waals surface area contributed by atoms with E-state index in [1.807, 2.05) is 12.1 Å². The van der Waals surface area contributed by atoms with Crippen molar-refractivity contribution in [3.05, 3.63) is 71.8 Å². The molecule has 0 aliphatic heterocycles. The van der Waals surface area contributed by atoms with Crippen LogP contribution in [0.1, 0.15) is 44.7 Å². The highest BCUT2D eigenvalue weighted by Gasteiger charge is 2.31. The zero-order chi connectivity index (χ0) is 20.2. The van der Waals surface area contributed by atoms with Gasteiger partial charge >= 0.3 is 8.56 Å². The fourth-order valence-electron chi connectivity index (χ4n) is 3.13. The second kappa shape index (κ2) is 11.9. The van der Waals surface area contributed by atoms with Gasteiger partial charge in [-0.2, -0.15) is 0 Å². The topological polar surface area (TPSA) is 30.8 Å². The molecule has 2 rings (SSSR count). The van der Waals surface area contributed by atoms with Crippen molar-refractivity contribution in [2.75, 3.05) is 6.54 Å². The van der Waals surface area contributed by atoms with Crippen molar-refractivity contribution in [3.8, 4) is 0 Å². The third-order valence-corrected chi connectivity index (χ3v) is 7.42. The summed E-state index contributed by atoms with van der Waals surface area (Å²) in [5.74, 6) is 0.659. The van der Waals surface area contributed by atoms with Gasteiger partial charge in [0, 0.05) is 12.3 Å². The van der Waals surface area contributed by atoms with Gasteiger partial charge < -0.3 is 8.85 Å². The SMILES string of the molecule is CC(CC(C)C)=NCCC[Si](C)(OCc1ccccc1)OCc1ccccc1. The first-order chi connectivity index (χ1) is 13.5. The minimum atomic E-state index is -2.29. The zero-order valence-corrected chi connectivity index (χ0v) is 18.9. The predicted octanol–water partition coefficient (Wildman–Crippen LogP) is 6.39. The molecule has 4 heteroatoms. The summed E-state index contributed by atoms with van der Waals surface area (Å²) in [5.41, 5.74) is 3.62. The lowest BCUT2D eigenvalue weighted by Crippen LogP contribution is -2.38. The Labute approximate surface area is 172 Å². The number of hydrogen-bond acceptors (Lipinski definition) is 3. The average molecular weight is 398 g/mol. The molecule has 0 bridgehead atoms. The van der Waals surface area contributed by atoms with Crippen LogP contribution < -0.4 is 0 Å². The lowest BCUT2D eigenvalue weighted by molar-refractivity contribution is 0.157. The smallest absolute Gasteiger partial charge is 0.335 e. The first-order valence-electron chi connectivity index (χ1n) is 10.3. The molecular weight excluding hydrogens is 362 g/mol. The second-order valence-corrected chi connectivity index (χ2v) is 11.3. The van der Waals surface area contributed by atoms with E-state index >= 15 is 0 Å². The maximum Gasteiger partial charge on any atom is 0.335 e. The summed E-state index contributed by atoms with van der Waals surface area (Å²) in [5, 5.41) is 0. The van der Waals surface area contributed by atoms with Gasteiger partial charge in [0.1, 0.15) is 0 Å². The quantitative estimate of drug-likeness (QED) is 0.236. The number of nitrogens with zero attached hydrogens (tertiary/aromatic N) is 1. The lowest BCUT2D eigenvalue weighted by atomic mass is 10.1. The fraction of sp³-hybridized carbons (Fsp3) is 0.458. The van der Waals surface area contributed by atoms with Crippen LogP contribution in [0.4, 0.5) is 0 Å². The first kappa shape index (κ1) is 22.5. The van der Waals surface area contributed by atoms with Crippen molar-refractivity contribution < 1.29 is 8.85 Å². The van der Waals surface area contributed by atoms with Crippen LogP contribution in [0.5, 0.6) is 0 Å². The highest BCUT2D eigenvalue weighted by Crippen LogP contribution is 2.20. The van der Waals surface area contributed by atoms with Crippen molar-refractivity contribution in [1.82, 2.24) is 0 Å². The Morgan fingerprint density at radius 1 is 0.893 bits per heavy atom. The lowest BCUT2D eigenvalue weighted by Gasteiger charge is -2.27. The molecule has 0 heterocycles. The monoisotopic (exact) mass is 397 g/mol. The molecule has 0 saturated carbocycles. The van der Waals surface area contributed by atoms with Gasteiger partial charge in [0.15, 0.2) is 0 Å². The average Bonchev–Trinajstić information content (AvgIpc) is 2.70. The molecule has 2 aromatic carbocycles. The van der Waals surface area contributed by atoms with Crippen LogP contribution in [-0.4, -0.2) is 20.8 Å². The molecule has 0 fully saturated rings. The normalized spacial score (nSPS) is 12.5. The number of aliphatic imine (C=N–C) groups is 1. The van der Waals surface area contributed by atoms with E-state index in [0.717, 1.165) is 25.4 Å². The number of rotatable bonds is 12. The molecule has 0 radical (unpaired) electrons. The molecule has 0 N–H and O–H groups in total. The maximum atomic E-state index is 6.38. The van der Waals surface area contributed by atoms with E-state index in [2.05, 4.69) is 75.8 Å². The molecule has 28 heavy (non-hydrogen) atoms. The van der Waals surface area contributed by atoms with Crippen LogP contribution in [0.2, 0.25) is 12.6 Å². The van der Waals surface area contributed by atoms with Gasteiger partial charge in [0.05, 0.1) is 13.2 Å². The minimum absolute atomic E-state index is 0.605. The summed E-state index contributed by atoms with van der Waals surface area (Å²) in [7, 11) is -2.29. The van der Waals surface area contributed by atoms with Gasteiger partial charge in [0.2, 0.25) is 0 Å². The molecule has 0 aromatic heterocycles.